The average molecular weight is 408 g/mol. The molecule has 2 heterocycles. The van der Waals surface area contributed by atoms with Crippen molar-refractivity contribution in [2.24, 2.45) is 0 Å². The summed E-state index contributed by atoms with van der Waals surface area (Å²) in [5.74, 6) is 0.0688. The van der Waals surface area contributed by atoms with Crippen LogP contribution in [-0.4, -0.2) is 61.1 Å². The van der Waals surface area contributed by atoms with Crippen molar-refractivity contribution in [1.82, 2.24) is 9.80 Å². The molecule has 0 unspecified atom stereocenters. The van der Waals surface area contributed by atoms with Gasteiger partial charge in [-0.05, 0) is 37.1 Å². The normalized spacial score (nSPS) is 19.8. The number of carbonyl (C=O) groups is 1. The molecule has 2 aliphatic rings. The third kappa shape index (κ3) is 4.81. The number of hydrogen-bond acceptors (Lipinski definition) is 5. The molecule has 0 saturated carbocycles. The number of hydrogen-bond donors (Lipinski definition) is 0. The molecule has 2 aromatic carbocycles. The van der Waals surface area contributed by atoms with Crippen LogP contribution >= 0.6 is 11.8 Å². The molecule has 2 fully saturated rings. The van der Waals surface area contributed by atoms with E-state index in [1.165, 1.54) is 11.8 Å². The van der Waals surface area contributed by atoms with Crippen LogP contribution in [0.1, 0.15) is 28.8 Å². The Morgan fingerprint density at radius 1 is 1.07 bits per heavy atom. The van der Waals surface area contributed by atoms with Crippen molar-refractivity contribution < 1.29 is 9.53 Å². The molecule has 0 spiro atoms. The second kappa shape index (κ2) is 9.45. The molecule has 6 heteroatoms. The smallest absolute Gasteiger partial charge is 0.255 e. The Kier molecular flexibility index (Phi) is 6.50. The Labute approximate surface area is 176 Å². The number of carbonyl (C=O) groups excluding carboxylic acids is 1. The number of ether oxygens (including phenoxy) is 1. The van der Waals surface area contributed by atoms with Gasteiger partial charge < -0.3 is 9.64 Å². The summed E-state index contributed by atoms with van der Waals surface area (Å²) in [6.07, 6.45) is 2.66. The molecule has 2 aliphatic heterocycles. The van der Waals surface area contributed by atoms with E-state index in [1.807, 2.05) is 47.4 Å². The maximum atomic E-state index is 13.2. The fourth-order valence-electron chi connectivity index (χ4n) is 3.88. The fraction of sp³-hybridized carbons (Fsp3) is 0.391. The topological polar surface area (TPSA) is 56.6 Å². The lowest BCUT2D eigenvalue weighted by atomic mass is 10.1. The van der Waals surface area contributed by atoms with Crippen molar-refractivity contribution in [2.45, 2.75) is 28.7 Å². The first-order chi connectivity index (χ1) is 14.2. The minimum absolute atomic E-state index is 0.0688. The Balaban J connectivity index is 1.42. The first kappa shape index (κ1) is 20.0. The van der Waals surface area contributed by atoms with Crippen LogP contribution in [-0.2, 0) is 4.74 Å². The first-order valence-corrected chi connectivity index (χ1v) is 11.0. The summed E-state index contributed by atoms with van der Waals surface area (Å²) in [5, 5.41) is 9.35. The van der Waals surface area contributed by atoms with E-state index in [2.05, 4.69) is 11.0 Å². The van der Waals surface area contributed by atoms with E-state index >= 15 is 0 Å². The summed E-state index contributed by atoms with van der Waals surface area (Å²) in [6, 6.07) is 17.4. The third-order valence-electron chi connectivity index (χ3n) is 5.49. The van der Waals surface area contributed by atoms with E-state index in [9.17, 15) is 10.1 Å². The van der Waals surface area contributed by atoms with E-state index in [4.69, 9.17) is 4.74 Å². The molecular weight excluding hydrogens is 382 g/mol. The van der Waals surface area contributed by atoms with Crippen LogP contribution in [0.3, 0.4) is 0 Å². The lowest BCUT2D eigenvalue weighted by Crippen LogP contribution is -2.50. The van der Waals surface area contributed by atoms with Gasteiger partial charge in [-0.15, -0.1) is 0 Å². The highest BCUT2D eigenvalue weighted by atomic mass is 32.2. The van der Waals surface area contributed by atoms with Crippen LogP contribution < -0.4 is 0 Å². The SMILES string of the molecule is N#Cc1ccccc1Sc1ccccc1C(=O)N1CCN(C[C@H]2CCCO2)CC1. The van der Waals surface area contributed by atoms with Gasteiger partial charge in [-0.1, -0.05) is 36.0 Å². The molecule has 29 heavy (non-hydrogen) atoms. The van der Waals surface area contributed by atoms with Gasteiger partial charge in [0.05, 0.1) is 17.2 Å². The molecule has 2 saturated heterocycles. The van der Waals surface area contributed by atoms with Crippen LogP contribution in [0.25, 0.3) is 0 Å². The van der Waals surface area contributed by atoms with E-state index in [0.717, 1.165) is 62.0 Å². The third-order valence-corrected chi connectivity index (χ3v) is 6.64. The molecule has 0 aromatic heterocycles. The predicted octanol–water partition coefficient (Wildman–Crippen LogP) is 3.65. The summed E-state index contributed by atoms with van der Waals surface area (Å²) in [7, 11) is 0. The second-order valence-electron chi connectivity index (χ2n) is 7.43. The van der Waals surface area contributed by atoms with Gasteiger partial charge in [-0.25, -0.2) is 0 Å². The Hall–Kier alpha value is -2.33. The number of benzene rings is 2. The molecule has 4 rings (SSSR count). The van der Waals surface area contributed by atoms with Crippen molar-refractivity contribution in [3.05, 3.63) is 59.7 Å². The van der Waals surface area contributed by atoms with Gasteiger partial charge in [-0.3, -0.25) is 9.69 Å². The molecule has 0 aliphatic carbocycles. The fourth-order valence-corrected chi connectivity index (χ4v) is 4.90. The number of amides is 1. The summed E-state index contributed by atoms with van der Waals surface area (Å²) in [6.45, 7) is 5.10. The van der Waals surface area contributed by atoms with Crippen LogP contribution in [0, 0.1) is 11.3 Å². The van der Waals surface area contributed by atoms with E-state index in [0.29, 0.717) is 17.2 Å². The van der Waals surface area contributed by atoms with Crippen LogP contribution in [0.15, 0.2) is 58.3 Å². The maximum Gasteiger partial charge on any atom is 0.255 e. The zero-order chi connectivity index (χ0) is 20.1. The van der Waals surface area contributed by atoms with Crippen molar-refractivity contribution in [3.63, 3.8) is 0 Å². The second-order valence-corrected chi connectivity index (χ2v) is 8.52. The summed E-state index contributed by atoms with van der Waals surface area (Å²) in [4.78, 5) is 19.3. The lowest BCUT2D eigenvalue weighted by molar-refractivity contribution is 0.0431. The minimum Gasteiger partial charge on any atom is -0.377 e. The number of piperazine rings is 1. The summed E-state index contributed by atoms with van der Waals surface area (Å²) >= 11 is 1.48. The van der Waals surface area contributed by atoms with E-state index in [-0.39, 0.29) is 5.91 Å². The van der Waals surface area contributed by atoms with E-state index < -0.39 is 0 Å². The van der Waals surface area contributed by atoms with Gasteiger partial charge >= 0.3 is 0 Å². The Bertz CT molecular complexity index is 897. The van der Waals surface area contributed by atoms with Gasteiger partial charge in [0.2, 0.25) is 0 Å². The van der Waals surface area contributed by atoms with E-state index in [1.54, 1.807) is 6.07 Å². The summed E-state index contributed by atoms with van der Waals surface area (Å²) in [5.41, 5.74) is 1.33. The molecular formula is C23H25N3O2S. The monoisotopic (exact) mass is 407 g/mol. The van der Waals surface area contributed by atoms with Crippen molar-refractivity contribution in [2.75, 3.05) is 39.3 Å². The molecule has 150 valence electrons. The molecule has 0 bridgehead atoms. The quantitative estimate of drug-likeness (QED) is 0.757. The Morgan fingerprint density at radius 2 is 1.79 bits per heavy atom. The maximum absolute atomic E-state index is 13.2. The standard InChI is InChI=1S/C23H25N3O2S/c24-16-18-6-1-3-9-21(18)29-22-10-4-2-8-20(22)23(27)26-13-11-25(12-14-26)17-19-7-5-15-28-19/h1-4,6,8-10,19H,5,7,11-15,17H2/t19-/m1/s1. The van der Waals surface area contributed by atoms with Crippen LogP contribution in [0.5, 0.6) is 0 Å². The highest BCUT2D eigenvalue weighted by Crippen LogP contribution is 2.33. The van der Waals surface area contributed by atoms with Gasteiger partial charge in [-0.2, -0.15) is 5.26 Å². The molecule has 2 aromatic rings. The molecule has 5 nitrogen and oxygen atoms in total. The van der Waals surface area contributed by atoms with Crippen LogP contribution in [0.2, 0.25) is 0 Å². The van der Waals surface area contributed by atoms with Crippen molar-refractivity contribution in [1.29, 1.82) is 5.26 Å². The van der Waals surface area contributed by atoms with Crippen molar-refractivity contribution in [3.8, 4) is 6.07 Å². The van der Waals surface area contributed by atoms with Gasteiger partial charge in [0.15, 0.2) is 0 Å². The predicted molar refractivity (Wildman–Crippen MR) is 113 cm³/mol. The minimum atomic E-state index is 0.0688. The number of rotatable bonds is 5. The highest BCUT2D eigenvalue weighted by molar-refractivity contribution is 7.99. The zero-order valence-electron chi connectivity index (χ0n) is 16.4. The Morgan fingerprint density at radius 3 is 2.52 bits per heavy atom. The van der Waals surface area contributed by atoms with Gasteiger partial charge in [0.1, 0.15) is 6.07 Å². The molecule has 1 atom stereocenters. The first-order valence-electron chi connectivity index (χ1n) is 10.1. The van der Waals surface area contributed by atoms with Crippen molar-refractivity contribution >= 4 is 17.7 Å². The highest BCUT2D eigenvalue weighted by Gasteiger charge is 2.26. The number of nitrogens with zero attached hydrogens (tertiary/aromatic N) is 3. The van der Waals surface area contributed by atoms with Crippen LogP contribution in [0.4, 0.5) is 0 Å². The summed E-state index contributed by atoms with van der Waals surface area (Å²) < 4.78 is 5.74. The lowest BCUT2D eigenvalue weighted by Gasteiger charge is -2.36. The average Bonchev–Trinajstić information content (AvgIpc) is 3.28. The zero-order valence-corrected chi connectivity index (χ0v) is 17.2. The molecule has 0 radical (unpaired) electrons. The van der Waals surface area contributed by atoms with Gasteiger partial charge in [0, 0.05) is 49.1 Å². The largest absolute Gasteiger partial charge is 0.377 e. The van der Waals surface area contributed by atoms with Gasteiger partial charge in [0.25, 0.3) is 5.91 Å². The molecule has 0 N–H and O–H groups in total. The number of nitriles is 1. The molecule has 1 amide bonds.